The second kappa shape index (κ2) is 5.65. The zero-order valence-corrected chi connectivity index (χ0v) is 9.64. The molecule has 0 radical (unpaired) electrons. The van der Waals surface area contributed by atoms with Gasteiger partial charge in [-0.1, -0.05) is 15.9 Å². The van der Waals surface area contributed by atoms with Gasteiger partial charge in [-0.05, 0) is 18.9 Å². The largest absolute Gasteiger partial charge is 0.334 e. The van der Waals surface area contributed by atoms with E-state index in [2.05, 4.69) is 15.9 Å². The molecule has 6 heteroatoms. The first-order chi connectivity index (χ1) is 7.16. The van der Waals surface area contributed by atoms with E-state index >= 15 is 0 Å². The maximum Gasteiger partial charge on any atom is 0.334 e. The first-order valence-electron chi connectivity index (χ1n) is 4.56. The summed E-state index contributed by atoms with van der Waals surface area (Å²) in [5.74, 6) is 0. The minimum absolute atomic E-state index is 0.364. The van der Waals surface area contributed by atoms with E-state index in [-0.39, 0.29) is 5.69 Å². The number of rotatable bonds is 5. The van der Waals surface area contributed by atoms with Crippen LogP contribution in [0.2, 0.25) is 0 Å². The number of halogens is 1. The van der Waals surface area contributed by atoms with Gasteiger partial charge in [-0.25, -0.2) is 0 Å². The summed E-state index contributed by atoms with van der Waals surface area (Å²) in [6.45, 7) is 0.520. The Kier molecular flexibility index (Phi) is 4.48. The van der Waals surface area contributed by atoms with E-state index in [9.17, 15) is 14.9 Å². The Morgan fingerprint density at radius 2 is 2.20 bits per heavy atom. The van der Waals surface area contributed by atoms with Crippen molar-refractivity contribution in [1.82, 2.24) is 4.57 Å². The maximum atomic E-state index is 11.5. The molecule has 0 saturated carbocycles. The summed E-state index contributed by atoms with van der Waals surface area (Å²) in [6.07, 6.45) is 3.34. The lowest BCUT2D eigenvalue weighted by molar-refractivity contribution is -0.386. The molecule has 0 fully saturated rings. The van der Waals surface area contributed by atoms with Gasteiger partial charge in [0.05, 0.1) is 4.92 Å². The summed E-state index contributed by atoms with van der Waals surface area (Å²) in [6, 6.07) is 2.75. The third-order valence-corrected chi connectivity index (χ3v) is 2.54. The zero-order chi connectivity index (χ0) is 11.3. The summed E-state index contributed by atoms with van der Waals surface area (Å²) in [4.78, 5) is 21.4. The first kappa shape index (κ1) is 11.9. The molecule has 0 aliphatic heterocycles. The average molecular weight is 275 g/mol. The maximum absolute atomic E-state index is 11.5. The number of hydrogen-bond donors (Lipinski definition) is 0. The molecule has 0 aliphatic rings. The molecule has 0 saturated heterocycles. The van der Waals surface area contributed by atoms with Crippen molar-refractivity contribution in [2.24, 2.45) is 0 Å². The van der Waals surface area contributed by atoms with Crippen molar-refractivity contribution in [2.45, 2.75) is 19.4 Å². The van der Waals surface area contributed by atoms with Crippen molar-refractivity contribution in [3.63, 3.8) is 0 Å². The molecular weight excluding hydrogens is 264 g/mol. The molecule has 0 unspecified atom stereocenters. The predicted molar refractivity (Wildman–Crippen MR) is 60.4 cm³/mol. The molecule has 1 heterocycles. The Morgan fingerprint density at radius 3 is 2.80 bits per heavy atom. The molecule has 1 rings (SSSR count). The molecule has 5 nitrogen and oxygen atoms in total. The fraction of sp³-hybridized carbons (Fsp3) is 0.444. The monoisotopic (exact) mass is 274 g/mol. The highest BCUT2D eigenvalue weighted by Crippen LogP contribution is 2.03. The molecule has 0 aliphatic carbocycles. The normalized spacial score (nSPS) is 10.2. The van der Waals surface area contributed by atoms with Crippen LogP contribution < -0.4 is 5.56 Å². The summed E-state index contributed by atoms with van der Waals surface area (Å²) >= 11 is 3.28. The van der Waals surface area contributed by atoms with Crippen LogP contribution in [-0.4, -0.2) is 14.8 Å². The molecule has 0 spiro atoms. The number of unbranched alkanes of at least 4 members (excludes halogenated alkanes) is 1. The highest BCUT2D eigenvalue weighted by atomic mass is 79.9. The number of alkyl halides is 1. The third-order valence-electron chi connectivity index (χ3n) is 1.98. The Labute approximate surface area is 95.0 Å². The van der Waals surface area contributed by atoms with E-state index in [1.807, 2.05) is 0 Å². The summed E-state index contributed by atoms with van der Waals surface area (Å²) in [5.41, 5.74) is -0.895. The standard InChI is InChI=1S/C9H11BrN2O3/c10-5-1-2-6-11-7-3-4-8(9(11)13)12(14)15/h3-4,7H,1-2,5-6H2. The molecule has 1 aromatic heterocycles. The number of aryl methyl sites for hydroxylation is 1. The highest BCUT2D eigenvalue weighted by molar-refractivity contribution is 9.09. The van der Waals surface area contributed by atoms with Crippen LogP contribution >= 0.6 is 15.9 Å². The SMILES string of the molecule is O=c1c([N+](=O)[O-])cccn1CCCCBr. The van der Waals surface area contributed by atoms with Crippen LogP contribution in [0.1, 0.15) is 12.8 Å². The van der Waals surface area contributed by atoms with E-state index in [1.165, 1.54) is 16.7 Å². The molecule has 0 N–H and O–H groups in total. The summed E-state index contributed by atoms with van der Waals surface area (Å²) < 4.78 is 1.38. The van der Waals surface area contributed by atoms with E-state index in [0.29, 0.717) is 6.54 Å². The Balaban J connectivity index is 2.85. The highest BCUT2D eigenvalue weighted by Gasteiger charge is 2.12. The molecule has 0 bridgehead atoms. The van der Waals surface area contributed by atoms with Crippen molar-refractivity contribution in [3.05, 3.63) is 38.8 Å². The molecule has 82 valence electrons. The van der Waals surface area contributed by atoms with Gasteiger partial charge in [0.25, 0.3) is 0 Å². The van der Waals surface area contributed by atoms with Gasteiger partial charge in [-0.2, -0.15) is 0 Å². The number of nitro groups is 1. The van der Waals surface area contributed by atoms with E-state index in [4.69, 9.17) is 0 Å². The van der Waals surface area contributed by atoms with Crippen LogP contribution in [0.5, 0.6) is 0 Å². The lowest BCUT2D eigenvalue weighted by Gasteiger charge is -2.03. The van der Waals surface area contributed by atoms with Gasteiger partial charge in [0.1, 0.15) is 0 Å². The zero-order valence-electron chi connectivity index (χ0n) is 8.06. The van der Waals surface area contributed by atoms with Crippen LogP contribution in [0.25, 0.3) is 0 Å². The number of nitrogens with zero attached hydrogens (tertiary/aromatic N) is 2. The second-order valence-electron chi connectivity index (χ2n) is 3.05. The predicted octanol–water partition coefficient (Wildman–Crippen LogP) is 1.93. The van der Waals surface area contributed by atoms with Crippen molar-refractivity contribution in [2.75, 3.05) is 5.33 Å². The second-order valence-corrected chi connectivity index (χ2v) is 3.84. The third kappa shape index (κ3) is 3.16. The van der Waals surface area contributed by atoms with Gasteiger partial charge >= 0.3 is 11.2 Å². The topological polar surface area (TPSA) is 65.1 Å². The van der Waals surface area contributed by atoms with Gasteiger partial charge in [-0.3, -0.25) is 14.9 Å². The van der Waals surface area contributed by atoms with Gasteiger partial charge < -0.3 is 4.57 Å². The molecule has 0 aromatic carbocycles. The molecule has 0 atom stereocenters. The van der Waals surface area contributed by atoms with Gasteiger partial charge in [0.2, 0.25) is 0 Å². The van der Waals surface area contributed by atoms with Crippen molar-refractivity contribution in [3.8, 4) is 0 Å². The lowest BCUT2D eigenvalue weighted by Crippen LogP contribution is -2.21. The van der Waals surface area contributed by atoms with E-state index in [1.54, 1.807) is 6.20 Å². The van der Waals surface area contributed by atoms with Crippen LogP contribution in [0.4, 0.5) is 5.69 Å². The van der Waals surface area contributed by atoms with E-state index in [0.717, 1.165) is 18.2 Å². The number of hydrogen-bond acceptors (Lipinski definition) is 3. The fourth-order valence-electron chi connectivity index (χ4n) is 1.22. The average Bonchev–Trinajstić information content (AvgIpc) is 2.20. The lowest BCUT2D eigenvalue weighted by atomic mass is 10.3. The van der Waals surface area contributed by atoms with Gasteiger partial charge in [0, 0.05) is 24.1 Å². The number of aromatic nitrogens is 1. The minimum atomic E-state index is -0.649. The van der Waals surface area contributed by atoms with Gasteiger partial charge in [-0.15, -0.1) is 0 Å². The van der Waals surface area contributed by atoms with Crippen LogP contribution in [0, 0.1) is 10.1 Å². The Morgan fingerprint density at radius 1 is 1.47 bits per heavy atom. The first-order valence-corrected chi connectivity index (χ1v) is 5.68. The summed E-state index contributed by atoms with van der Waals surface area (Å²) in [5, 5.41) is 11.4. The number of pyridine rings is 1. The van der Waals surface area contributed by atoms with Crippen LogP contribution in [0.3, 0.4) is 0 Å². The Hall–Kier alpha value is -1.17. The molecule has 1 aromatic rings. The molecule has 0 amide bonds. The van der Waals surface area contributed by atoms with Crippen LogP contribution in [-0.2, 0) is 6.54 Å². The Bertz CT molecular complexity index is 403. The van der Waals surface area contributed by atoms with E-state index < -0.39 is 10.5 Å². The smallest absolute Gasteiger partial charge is 0.310 e. The van der Waals surface area contributed by atoms with Gasteiger partial charge in [0.15, 0.2) is 0 Å². The van der Waals surface area contributed by atoms with Crippen molar-refractivity contribution >= 4 is 21.6 Å². The molecule has 15 heavy (non-hydrogen) atoms. The fourth-order valence-corrected chi connectivity index (χ4v) is 1.61. The summed E-state index contributed by atoms with van der Waals surface area (Å²) in [7, 11) is 0. The molecular formula is C9H11BrN2O3. The van der Waals surface area contributed by atoms with Crippen molar-refractivity contribution in [1.29, 1.82) is 0 Å². The quantitative estimate of drug-likeness (QED) is 0.357. The van der Waals surface area contributed by atoms with Crippen LogP contribution in [0.15, 0.2) is 23.1 Å². The van der Waals surface area contributed by atoms with Crippen molar-refractivity contribution < 1.29 is 4.92 Å². The minimum Gasteiger partial charge on any atom is -0.310 e.